The summed E-state index contributed by atoms with van der Waals surface area (Å²) in [6.45, 7) is 6.71. The molecule has 1 saturated heterocycles. The van der Waals surface area contributed by atoms with Crippen LogP contribution in [0.1, 0.15) is 38.2 Å². The monoisotopic (exact) mass is 270 g/mol. The molecule has 1 aromatic carbocycles. The maximum Gasteiger partial charge on any atom is 0.0580 e. The molecule has 1 atom stereocenters. The van der Waals surface area contributed by atoms with Crippen LogP contribution >= 0.6 is 0 Å². The molecule has 20 heavy (non-hydrogen) atoms. The fourth-order valence-corrected chi connectivity index (χ4v) is 2.72. The van der Waals surface area contributed by atoms with Crippen LogP contribution in [0.2, 0.25) is 0 Å². The molecule has 0 spiro atoms. The minimum Gasteiger partial charge on any atom is -0.306 e. The minimum atomic E-state index is 0.779. The summed E-state index contributed by atoms with van der Waals surface area (Å²) in [5.41, 5.74) is 1.09. The van der Waals surface area contributed by atoms with Gasteiger partial charge in [0.1, 0.15) is 0 Å². The Morgan fingerprint density at radius 1 is 1.25 bits per heavy atom. The zero-order valence-corrected chi connectivity index (χ0v) is 12.6. The first kappa shape index (κ1) is 15.1. The molecule has 2 nitrogen and oxygen atoms in total. The van der Waals surface area contributed by atoms with E-state index in [-0.39, 0.29) is 0 Å². The second kappa shape index (κ2) is 8.79. The van der Waals surface area contributed by atoms with Crippen molar-refractivity contribution in [2.75, 3.05) is 26.2 Å². The second-order valence-corrected chi connectivity index (χ2v) is 5.58. The highest BCUT2D eigenvalue weighted by molar-refractivity contribution is 5.33. The van der Waals surface area contributed by atoms with Gasteiger partial charge in [-0.15, -0.1) is 0 Å². The van der Waals surface area contributed by atoms with Crippen molar-refractivity contribution < 1.29 is 0 Å². The first-order valence-corrected chi connectivity index (χ1v) is 7.85. The number of likely N-dealkylation sites (tertiary alicyclic amines) is 1. The molecule has 0 amide bonds. The lowest BCUT2D eigenvalue weighted by atomic mass is 10.0. The summed E-state index contributed by atoms with van der Waals surface area (Å²) < 4.78 is 0. The molecule has 1 aliphatic rings. The lowest BCUT2D eigenvalue weighted by molar-refractivity contribution is 0.159. The molecule has 0 radical (unpaired) electrons. The zero-order chi connectivity index (χ0) is 14.0. The molecule has 0 aliphatic carbocycles. The molecular weight excluding hydrogens is 244 g/mol. The third kappa shape index (κ3) is 5.36. The van der Waals surface area contributed by atoms with E-state index in [1.54, 1.807) is 0 Å². The highest BCUT2D eigenvalue weighted by atomic mass is 15.2. The van der Waals surface area contributed by atoms with E-state index in [4.69, 9.17) is 0 Å². The van der Waals surface area contributed by atoms with Gasteiger partial charge < -0.3 is 10.2 Å². The average molecular weight is 270 g/mol. The van der Waals surface area contributed by atoms with E-state index in [0.717, 1.165) is 24.7 Å². The fraction of sp³-hybridized carbons (Fsp3) is 0.556. The highest BCUT2D eigenvalue weighted by Crippen LogP contribution is 2.15. The third-order valence-electron chi connectivity index (χ3n) is 3.96. The summed E-state index contributed by atoms with van der Waals surface area (Å²) in [4.78, 5) is 2.63. The molecule has 1 fully saturated rings. The fourth-order valence-electron chi connectivity index (χ4n) is 2.72. The van der Waals surface area contributed by atoms with Crippen molar-refractivity contribution >= 4 is 0 Å². The van der Waals surface area contributed by atoms with Crippen LogP contribution in [0, 0.1) is 11.8 Å². The lowest BCUT2D eigenvalue weighted by Gasteiger charge is -2.33. The Morgan fingerprint density at radius 3 is 2.90 bits per heavy atom. The van der Waals surface area contributed by atoms with Crippen molar-refractivity contribution in [2.45, 2.75) is 38.6 Å². The van der Waals surface area contributed by atoms with Gasteiger partial charge in [-0.2, -0.15) is 0 Å². The van der Waals surface area contributed by atoms with Crippen LogP contribution < -0.4 is 5.32 Å². The number of hydrogen-bond acceptors (Lipinski definition) is 2. The number of hydrogen-bond donors (Lipinski definition) is 1. The highest BCUT2D eigenvalue weighted by Gasteiger charge is 2.16. The first-order chi connectivity index (χ1) is 9.86. The Labute approximate surface area is 123 Å². The maximum absolute atomic E-state index is 3.41. The standard InChI is InChI=1S/C18H26N2/c1-17-9-5-6-15-20(17)16-8-14-19-13-7-12-18-10-3-2-4-11-18/h2-4,10-11,17,19H,5-6,8-9,13-16H2,1H3. The summed E-state index contributed by atoms with van der Waals surface area (Å²) >= 11 is 0. The van der Waals surface area contributed by atoms with Crippen LogP contribution in [0.4, 0.5) is 0 Å². The summed E-state index contributed by atoms with van der Waals surface area (Å²) in [5.74, 6) is 6.34. The molecule has 1 unspecified atom stereocenters. The van der Waals surface area contributed by atoms with Gasteiger partial charge in [-0.25, -0.2) is 0 Å². The van der Waals surface area contributed by atoms with Crippen molar-refractivity contribution in [1.82, 2.24) is 10.2 Å². The minimum absolute atomic E-state index is 0.779. The van der Waals surface area contributed by atoms with Gasteiger partial charge in [-0.05, 0) is 58.0 Å². The Hall–Kier alpha value is -1.30. The van der Waals surface area contributed by atoms with Gasteiger partial charge in [0.05, 0.1) is 6.54 Å². The predicted octanol–water partition coefficient (Wildman–Crippen LogP) is 2.89. The number of rotatable bonds is 5. The number of piperidine rings is 1. The summed E-state index contributed by atoms with van der Waals surface area (Å²) in [6.07, 6.45) is 5.37. The van der Waals surface area contributed by atoms with Crippen LogP contribution in [-0.2, 0) is 0 Å². The topological polar surface area (TPSA) is 15.3 Å². The molecule has 0 aromatic heterocycles. The van der Waals surface area contributed by atoms with E-state index in [2.05, 4.69) is 29.0 Å². The van der Waals surface area contributed by atoms with E-state index in [1.807, 2.05) is 30.3 Å². The van der Waals surface area contributed by atoms with Gasteiger partial charge in [-0.3, -0.25) is 0 Å². The third-order valence-corrected chi connectivity index (χ3v) is 3.96. The molecule has 2 heteroatoms. The van der Waals surface area contributed by atoms with Gasteiger partial charge >= 0.3 is 0 Å². The predicted molar refractivity (Wildman–Crippen MR) is 85.7 cm³/mol. The van der Waals surface area contributed by atoms with E-state index >= 15 is 0 Å². The Morgan fingerprint density at radius 2 is 2.10 bits per heavy atom. The van der Waals surface area contributed by atoms with Crippen molar-refractivity contribution in [3.63, 3.8) is 0 Å². The average Bonchev–Trinajstić information content (AvgIpc) is 2.49. The first-order valence-electron chi connectivity index (χ1n) is 7.85. The quantitative estimate of drug-likeness (QED) is 0.654. The molecule has 0 saturated carbocycles. The lowest BCUT2D eigenvalue weighted by Crippen LogP contribution is -2.38. The van der Waals surface area contributed by atoms with Gasteiger partial charge in [0.2, 0.25) is 0 Å². The molecule has 108 valence electrons. The van der Waals surface area contributed by atoms with Crippen molar-refractivity contribution in [2.24, 2.45) is 0 Å². The SMILES string of the molecule is CC1CCCCN1CCCNCC#Cc1ccccc1. The molecular formula is C18H26N2. The smallest absolute Gasteiger partial charge is 0.0580 e. The zero-order valence-electron chi connectivity index (χ0n) is 12.6. The molecule has 2 rings (SSSR count). The number of nitrogens with zero attached hydrogens (tertiary/aromatic N) is 1. The van der Waals surface area contributed by atoms with Gasteiger partial charge in [0, 0.05) is 11.6 Å². The summed E-state index contributed by atoms with van der Waals surface area (Å²) in [7, 11) is 0. The van der Waals surface area contributed by atoms with Crippen molar-refractivity contribution in [3.05, 3.63) is 35.9 Å². The molecule has 1 aliphatic heterocycles. The van der Waals surface area contributed by atoms with Crippen molar-refractivity contribution in [3.8, 4) is 11.8 Å². The molecule has 1 N–H and O–H groups in total. The number of benzene rings is 1. The molecule has 0 bridgehead atoms. The van der Waals surface area contributed by atoms with Gasteiger partial charge in [0.25, 0.3) is 0 Å². The second-order valence-electron chi connectivity index (χ2n) is 5.58. The van der Waals surface area contributed by atoms with E-state index in [0.29, 0.717) is 0 Å². The van der Waals surface area contributed by atoms with E-state index in [1.165, 1.54) is 38.8 Å². The van der Waals surface area contributed by atoms with Crippen LogP contribution in [0.15, 0.2) is 30.3 Å². The van der Waals surface area contributed by atoms with E-state index < -0.39 is 0 Å². The molecule has 1 aromatic rings. The van der Waals surface area contributed by atoms with Crippen LogP contribution in [-0.4, -0.2) is 37.1 Å². The largest absolute Gasteiger partial charge is 0.306 e. The van der Waals surface area contributed by atoms with Crippen LogP contribution in [0.5, 0.6) is 0 Å². The van der Waals surface area contributed by atoms with Crippen LogP contribution in [0.3, 0.4) is 0 Å². The Balaban J connectivity index is 1.55. The van der Waals surface area contributed by atoms with E-state index in [9.17, 15) is 0 Å². The maximum atomic E-state index is 3.41. The van der Waals surface area contributed by atoms with Gasteiger partial charge in [0.15, 0.2) is 0 Å². The summed E-state index contributed by atoms with van der Waals surface area (Å²) in [5, 5.41) is 3.41. The summed E-state index contributed by atoms with van der Waals surface area (Å²) in [6, 6.07) is 10.9. The Kier molecular flexibility index (Phi) is 6.63. The van der Waals surface area contributed by atoms with Crippen LogP contribution in [0.25, 0.3) is 0 Å². The normalized spacial score (nSPS) is 19.4. The molecule has 1 heterocycles. The van der Waals surface area contributed by atoms with Gasteiger partial charge in [-0.1, -0.05) is 36.5 Å². The Bertz CT molecular complexity index is 430. The number of nitrogens with one attached hydrogen (secondary N) is 1. The van der Waals surface area contributed by atoms with Crippen molar-refractivity contribution in [1.29, 1.82) is 0 Å².